The molecular weight excluding hydrogens is 247 g/mol. The van der Waals surface area contributed by atoms with Crippen molar-refractivity contribution in [2.24, 2.45) is 0 Å². The lowest BCUT2D eigenvalue weighted by Crippen LogP contribution is -2.10. The van der Waals surface area contributed by atoms with Crippen molar-refractivity contribution in [2.75, 3.05) is 6.61 Å². The van der Waals surface area contributed by atoms with Gasteiger partial charge in [0, 0.05) is 12.0 Å². The second-order valence-electron chi connectivity index (χ2n) is 4.07. The molecule has 0 atom stereocenters. The smallest absolute Gasteiger partial charge is 0.155 e. The van der Waals surface area contributed by atoms with Crippen molar-refractivity contribution >= 4 is 0 Å². The summed E-state index contributed by atoms with van der Waals surface area (Å²) in [7, 11) is 0. The van der Waals surface area contributed by atoms with Crippen LogP contribution in [0, 0.1) is 0 Å². The van der Waals surface area contributed by atoms with Gasteiger partial charge in [0.05, 0.1) is 0 Å². The fourth-order valence-electron chi connectivity index (χ4n) is 1.64. The van der Waals surface area contributed by atoms with Crippen molar-refractivity contribution in [1.82, 2.24) is 0 Å². The minimum Gasteiger partial charge on any atom is -0.489 e. The summed E-state index contributed by atoms with van der Waals surface area (Å²) in [6.07, 6.45) is 0.357. The number of ether oxygens (including phenoxy) is 1. The van der Waals surface area contributed by atoms with E-state index < -0.39 is 6.29 Å². The maximum Gasteiger partial charge on any atom is 0.155 e. The molecule has 19 heavy (non-hydrogen) atoms. The van der Waals surface area contributed by atoms with Crippen molar-refractivity contribution in [3.63, 3.8) is 0 Å². The Hall–Kier alpha value is -1.65. The van der Waals surface area contributed by atoms with Gasteiger partial charge in [-0.25, -0.2) is 4.39 Å². The first kappa shape index (κ1) is 15.4. The maximum atomic E-state index is 13.5. The van der Waals surface area contributed by atoms with Crippen LogP contribution < -0.4 is 4.74 Å². The molecule has 0 unspecified atom stereocenters. The van der Waals surface area contributed by atoms with Gasteiger partial charge in [0.1, 0.15) is 18.2 Å². The van der Waals surface area contributed by atoms with Gasteiger partial charge in [-0.15, -0.1) is 0 Å². The Morgan fingerprint density at radius 1 is 1.42 bits per heavy atom. The molecule has 0 heterocycles. The van der Waals surface area contributed by atoms with Crippen LogP contribution in [0.1, 0.15) is 18.9 Å². The van der Waals surface area contributed by atoms with Crippen LogP contribution in [0.25, 0.3) is 0 Å². The van der Waals surface area contributed by atoms with Crippen LogP contribution in [0.4, 0.5) is 4.39 Å². The van der Waals surface area contributed by atoms with Crippen LogP contribution in [-0.2, 0) is 6.42 Å². The molecule has 0 spiro atoms. The number of halogens is 1. The number of benzene rings is 1. The first-order chi connectivity index (χ1) is 9.08. The van der Waals surface area contributed by atoms with Crippen LogP contribution in [-0.4, -0.2) is 23.1 Å². The molecule has 1 rings (SSSR count). The Labute approximate surface area is 112 Å². The minimum atomic E-state index is -1.44. The van der Waals surface area contributed by atoms with E-state index in [1.165, 1.54) is 6.08 Å². The Bertz CT molecular complexity index is 452. The largest absolute Gasteiger partial charge is 0.489 e. The quantitative estimate of drug-likeness (QED) is 0.589. The Morgan fingerprint density at radius 3 is 2.68 bits per heavy atom. The van der Waals surface area contributed by atoms with E-state index in [4.69, 9.17) is 14.9 Å². The number of aliphatic hydroxyl groups excluding tert-OH is 1. The predicted octanol–water partition coefficient (Wildman–Crippen LogP) is 2.74. The average molecular weight is 266 g/mol. The van der Waals surface area contributed by atoms with Crippen LogP contribution >= 0.6 is 0 Å². The van der Waals surface area contributed by atoms with E-state index in [2.05, 4.69) is 6.58 Å². The molecule has 0 aliphatic carbocycles. The van der Waals surface area contributed by atoms with Gasteiger partial charge in [-0.05, 0) is 18.1 Å². The molecule has 1 aromatic carbocycles. The Morgan fingerprint density at radius 2 is 2.11 bits per heavy atom. The predicted molar refractivity (Wildman–Crippen MR) is 72.5 cm³/mol. The van der Waals surface area contributed by atoms with Crippen molar-refractivity contribution in [1.29, 1.82) is 0 Å². The highest BCUT2D eigenvalue weighted by atomic mass is 19.1. The van der Waals surface area contributed by atoms with Crippen molar-refractivity contribution < 1.29 is 19.3 Å². The molecule has 0 saturated carbocycles. The number of para-hydroxylation sites is 1. The van der Waals surface area contributed by atoms with E-state index in [1.807, 2.05) is 0 Å². The molecule has 0 saturated heterocycles. The summed E-state index contributed by atoms with van der Waals surface area (Å²) in [6.45, 7) is 5.34. The highest BCUT2D eigenvalue weighted by molar-refractivity contribution is 5.34. The van der Waals surface area contributed by atoms with Gasteiger partial charge < -0.3 is 14.9 Å². The van der Waals surface area contributed by atoms with Gasteiger partial charge in [0.2, 0.25) is 0 Å². The van der Waals surface area contributed by atoms with E-state index in [0.717, 1.165) is 0 Å². The highest BCUT2D eigenvalue weighted by Gasteiger charge is 2.08. The molecule has 0 amide bonds. The number of rotatable bonds is 7. The van der Waals surface area contributed by atoms with Gasteiger partial charge in [-0.2, -0.15) is 0 Å². The molecule has 1 aromatic rings. The van der Waals surface area contributed by atoms with Gasteiger partial charge in [0.25, 0.3) is 0 Å². The number of hydrogen-bond acceptors (Lipinski definition) is 3. The van der Waals surface area contributed by atoms with E-state index >= 15 is 0 Å². The van der Waals surface area contributed by atoms with Crippen molar-refractivity contribution in [3.05, 3.63) is 53.9 Å². The highest BCUT2D eigenvalue weighted by Crippen LogP contribution is 2.21. The first-order valence-corrected chi connectivity index (χ1v) is 6.15. The van der Waals surface area contributed by atoms with E-state index in [-0.39, 0.29) is 18.9 Å². The van der Waals surface area contributed by atoms with Crippen LogP contribution in [0.5, 0.6) is 5.75 Å². The third kappa shape index (κ3) is 4.85. The monoisotopic (exact) mass is 266 g/mol. The van der Waals surface area contributed by atoms with Gasteiger partial charge in [0.15, 0.2) is 6.29 Å². The second kappa shape index (κ2) is 7.71. The summed E-state index contributed by atoms with van der Waals surface area (Å²) in [4.78, 5) is 0. The second-order valence-corrected chi connectivity index (χ2v) is 4.07. The van der Waals surface area contributed by atoms with Gasteiger partial charge in [-0.3, -0.25) is 0 Å². The molecule has 0 bridgehead atoms. The average Bonchev–Trinajstić information content (AvgIpc) is 2.40. The molecular formula is C15H19FO3. The molecule has 0 aliphatic rings. The summed E-state index contributed by atoms with van der Waals surface area (Å²) in [5, 5.41) is 18.0. The number of hydrogen-bond donors (Lipinski definition) is 2. The minimum absolute atomic E-state index is 0.0690. The molecule has 0 aliphatic heterocycles. The molecule has 0 fully saturated rings. The van der Waals surface area contributed by atoms with E-state index in [9.17, 15) is 4.39 Å². The zero-order valence-electron chi connectivity index (χ0n) is 11.0. The SMILES string of the molecule is C=C/C(COc1ccccc1CC(O)O)=C(/F)CC. The fraction of sp³-hybridized carbons (Fsp3) is 0.333. The normalized spacial score (nSPS) is 12.3. The fourth-order valence-corrected chi connectivity index (χ4v) is 1.64. The maximum absolute atomic E-state index is 13.5. The summed E-state index contributed by atoms with van der Waals surface area (Å²) in [6, 6.07) is 7.00. The Balaban J connectivity index is 2.80. The van der Waals surface area contributed by atoms with Gasteiger partial charge in [-0.1, -0.05) is 37.8 Å². The Kier molecular flexibility index (Phi) is 6.25. The van der Waals surface area contributed by atoms with Crippen LogP contribution in [0.15, 0.2) is 48.3 Å². The lowest BCUT2D eigenvalue weighted by Gasteiger charge is -2.13. The molecule has 2 N–H and O–H groups in total. The topological polar surface area (TPSA) is 49.7 Å². The van der Waals surface area contributed by atoms with Gasteiger partial charge >= 0.3 is 0 Å². The lowest BCUT2D eigenvalue weighted by atomic mass is 10.1. The van der Waals surface area contributed by atoms with Crippen LogP contribution in [0.2, 0.25) is 0 Å². The van der Waals surface area contributed by atoms with Crippen LogP contribution in [0.3, 0.4) is 0 Å². The molecule has 3 nitrogen and oxygen atoms in total. The summed E-state index contributed by atoms with van der Waals surface area (Å²) < 4.78 is 19.0. The third-order valence-corrected chi connectivity index (χ3v) is 2.66. The first-order valence-electron chi connectivity index (χ1n) is 6.15. The molecule has 0 aromatic heterocycles. The summed E-state index contributed by atoms with van der Waals surface area (Å²) >= 11 is 0. The van der Waals surface area contributed by atoms with Crippen molar-refractivity contribution in [2.45, 2.75) is 26.1 Å². The molecule has 4 heteroatoms. The third-order valence-electron chi connectivity index (χ3n) is 2.66. The zero-order valence-corrected chi connectivity index (χ0v) is 11.0. The zero-order chi connectivity index (χ0) is 14.3. The van der Waals surface area contributed by atoms with E-state index in [1.54, 1.807) is 31.2 Å². The number of aliphatic hydroxyl groups is 2. The number of allylic oxidation sites excluding steroid dienone is 1. The molecule has 0 radical (unpaired) electrons. The lowest BCUT2D eigenvalue weighted by molar-refractivity contribution is -0.0385. The standard InChI is InChI=1S/C15H19FO3/c1-3-11(13(16)4-2)10-19-14-8-6-5-7-12(14)9-15(17)18/h3,5-8,15,17-18H,1,4,9-10H2,2H3/b13-11-. The molecule has 104 valence electrons. The van der Waals surface area contributed by atoms with E-state index in [0.29, 0.717) is 23.3 Å². The summed E-state index contributed by atoms with van der Waals surface area (Å²) in [5.74, 6) is 0.258. The summed E-state index contributed by atoms with van der Waals surface area (Å²) in [5.41, 5.74) is 1.07. The van der Waals surface area contributed by atoms with Crippen molar-refractivity contribution in [3.8, 4) is 5.75 Å².